The highest BCUT2D eigenvalue weighted by Crippen LogP contribution is 2.37. The molecule has 4 rings (SSSR count). The molecule has 0 radical (unpaired) electrons. The van der Waals surface area contributed by atoms with E-state index in [1.54, 1.807) is 4.90 Å². The Morgan fingerprint density at radius 2 is 1.68 bits per heavy atom. The number of benzene rings is 1. The Bertz CT molecular complexity index is 1030. The summed E-state index contributed by atoms with van der Waals surface area (Å²) in [5.41, 5.74) is -0.631. The molecule has 0 saturated carbocycles. The summed E-state index contributed by atoms with van der Waals surface area (Å²) in [5.74, 6) is -1.43. The van der Waals surface area contributed by atoms with Crippen LogP contribution in [0.3, 0.4) is 0 Å². The molecule has 184 valence electrons. The average molecular weight is 476 g/mol. The van der Waals surface area contributed by atoms with Gasteiger partial charge < -0.3 is 19.7 Å². The third-order valence-corrected chi connectivity index (χ3v) is 5.76. The number of aromatic nitrogens is 1. The average Bonchev–Trinajstić information content (AvgIpc) is 3.00. The second kappa shape index (κ2) is 9.95. The molecule has 2 aliphatic heterocycles. The number of rotatable bonds is 4. The third kappa shape index (κ3) is 5.81. The maximum absolute atomic E-state index is 13.9. The Morgan fingerprint density at radius 1 is 1.06 bits per heavy atom. The van der Waals surface area contributed by atoms with Crippen molar-refractivity contribution in [2.75, 3.05) is 0 Å². The molecule has 1 aromatic heterocycles. The second-order valence-corrected chi connectivity index (χ2v) is 9.48. The van der Waals surface area contributed by atoms with Crippen LogP contribution in [-0.2, 0) is 4.74 Å². The maximum atomic E-state index is 13.9. The quantitative estimate of drug-likeness (QED) is 0.636. The van der Waals surface area contributed by atoms with Gasteiger partial charge in [-0.05, 0) is 76.8 Å². The number of fused-ring (bicyclic) bond motifs is 2. The van der Waals surface area contributed by atoms with E-state index in [9.17, 15) is 18.4 Å². The third-order valence-electron chi connectivity index (χ3n) is 5.76. The van der Waals surface area contributed by atoms with Crippen LogP contribution in [0, 0.1) is 11.6 Å². The maximum Gasteiger partial charge on any atom is 0.410 e. The Hall–Kier alpha value is -3.23. The summed E-state index contributed by atoms with van der Waals surface area (Å²) >= 11 is 0. The molecular weight excluding hydrogens is 444 g/mol. The molecule has 3 heterocycles. The highest BCUT2D eigenvalue weighted by Gasteiger charge is 2.45. The molecule has 0 spiro atoms. The Balaban J connectivity index is 0.00000324. The van der Waals surface area contributed by atoms with Gasteiger partial charge in [0.05, 0.1) is 6.20 Å². The van der Waals surface area contributed by atoms with Gasteiger partial charge in [0.2, 0.25) is 5.88 Å². The summed E-state index contributed by atoms with van der Waals surface area (Å²) in [5, 5.41) is 2.94. The normalized spacial score (nSPS) is 21.4. The van der Waals surface area contributed by atoms with E-state index in [0.29, 0.717) is 12.8 Å². The van der Waals surface area contributed by atoms with Crippen LogP contribution in [0.4, 0.5) is 13.6 Å². The van der Waals surface area contributed by atoms with E-state index in [1.165, 1.54) is 24.3 Å². The van der Waals surface area contributed by atoms with Gasteiger partial charge >= 0.3 is 6.09 Å². The van der Waals surface area contributed by atoms with Crippen LogP contribution in [0.2, 0.25) is 0 Å². The standard InChI is InChI=1S/C24H27F2N3O4.CH4/c1-24(2,3)33-23(31)29-17-6-7-18(29)12-16(11-17)28-21(30)20-10-15(26)13-27-22(20)32-19-8-4-14(25)5-9-19;/h4-5,8-10,13,16-18H,6-7,11-12H2,1-3H3,(H,28,30);1H4/t16?,17-,18+;. The van der Waals surface area contributed by atoms with Gasteiger partial charge in [0.25, 0.3) is 5.91 Å². The van der Waals surface area contributed by atoms with Gasteiger partial charge in [0.15, 0.2) is 0 Å². The lowest BCUT2D eigenvalue weighted by molar-refractivity contribution is 0.00499. The minimum absolute atomic E-state index is 0. The zero-order chi connectivity index (χ0) is 23.8. The van der Waals surface area contributed by atoms with Gasteiger partial charge in [0.1, 0.15) is 28.5 Å². The zero-order valence-electron chi connectivity index (χ0n) is 18.8. The molecule has 2 bridgehead atoms. The number of ether oxygens (including phenoxy) is 2. The van der Waals surface area contributed by atoms with E-state index < -0.39 is 23.1 Å². The number of amides is 2. The summed E-state index contributed by atoms with van der Waals surface area (Å²) < 4.78 is 38.2. The monoisotopic (exact) mass is 475 g/mol. The van der Waals surface area contributed by atoms with Crippen molar-refractivity contribution in [1.82, 2.24) is 15.2 Å². The van der Waals surface area contributed by atoms with Crippen molar-refractivity contribution in [3.05, 3.63) is 53.7 Å². The van der Waals surface area contributed by atoms with E-state index in [4.69, 9.17) is 9.47 Å². The van der Waals surface area contributed by atoms with Crippen molar-refractivity contribution < 1.29 is 27.8 Å². The number of hydrogen-bond acceptors (Lipinski definition) is 5. The van der Waals surface area contributed by atoms with Crippen LogP contribution < -0.4 is 10.1 Å². The van der Waals surface area contributed by atoms with Crippen molar-refractivity contribution in [1.29, 1.82) is 0 Å². The number of piperidine rings is 1. The van der Waals surface area contributed by atoms with Crippen molar-refractivity contribution >= 4 is 12.0 Å². The largest absolute Gasteiger partial charge is 0.444 e. The predicted octanol–water partition coefficient (Wildman–Crippen LogP) is 5.45. The number of nitrogens with one attached hydrogen (secondary N) is 1. The smallest absolute Gasteiger partial charge is 0.410 e. The molecule has 2 aliphatic rings. The van der Waals surface area contributed by atoms with Crippen LogP contribution in [-0.4, -0.2) is 45.6 Å². The van der Waals surface area contributed by atoms with Gasteiger partial charge in [-0.15, -0.1) is 0 Å². The number of halogens is 2. The Morgan fingerprint density at radius 3 is 2.26 bits per heavy atom. The molecule has 2 amide bonds. The number of carbonyl (C=O) groups excluding carboxylic acids is 2. The number of pyridine rings is 1. The molecule has 1 N–H and O–H groups in total. The Kier molecular flexibility index (Phi) is 7.43. The lowest BCUT2D eigenvalue weighted by atomic mass is 9.97. The minimum Gasteiger partial charge on any atom is -0.444 e. The van der Waals surface area contributed by atoms with E-state index >= 15 is 0 Å². The lowest BCUT2D eigenvalue weighted by Crippen LogP contribution is -2.53. The fourth-order valence-corrected chi connectivity index (χ4v) is 4.46. The molecule has 34 heavy (non-hydrogen) atoms. The summed E-state index contributed by atoms with van der Waals surface area (Å²) in [6.45, 7) is 5.50. The summed E-state index contributed by atoms with van der Waals surface area (Å²) in [4.78, 5) is 31.3. The van der Waals surface area contributed by atoms with Crippen molar-refractivity contribution in [3.63, 3.8) is 0 Å². The molecule has 9 heteroatoms. The van der Waals surface area contributed by atoms with Crippen LogP contribution in [0.15, 0.2) is 36.5 Å². The van der Waals surface area contributed by atoms with Crippen molar-refractivity contribution in [2.24, 2.45) is 0 Å². The minimum atomic E-state index is -0.675. The summed E-state index contributed by atoms with van der Waals surface area (Å²) in [7, 11) is 0. The van der Waals surface area contributed by atoms with E-state index in [2.05, 4.69) is 10.3 Å². The zero-order valence-corrected chi connectivity index (χ0v) is 18.8. The van der Waals surface area contributed by atoms with Crippen LogP contribution >= 0.6 is 0 Å². The topological polar surface area (TPSA) is 80.8 Å². The molecule has 7 nitrogen and oxygen atoms in total. The van der Waals surface area contributed by atoms with Gasteiger partial charge in [-0.3, -0.25) is 4.79 Å². The van der Waals surface area contributed by atoms with E-state index in [-0.39, 0.29) is 48.8 Å². The van der Waals surface area contributed by atoms with E-state index in [0.717, 1.165) is 25.1 Å². The van der Waals surface area contributed by atoms with Gasteiger partial charge in [-0.1, -0.05) is 7.43 Å². The van der Waals surface area contributed by atoms with Crippen molar-refractivity contribution in [3.8, 4) is 11.6 Å². The molecule has 1 aromatic carbocycles. The highest BCUT2D eigenvalue weighted by molar-refractivity contribution is 5.96. The van der Waals surface area contributed by atoms with Gasteiger partial charge in [0, 0.05) is 18.1 Å². The first-order chi connectivity index (χ1) is 15.6. The van der Waals surface area contributed by atoms with Crippen molar-refractivity contribution in [2.45, 2.75) is 77.6 Å². The Labute approximate surface area is 198 Å². The second-order valence-electron chi connectivity index (χ2n) is 9.48. The lowest BCUT2D eigenvalue weighted by Gasteiger charge is -2.39. The number of hydrogen-bond donors (Lipinski definition) is 1. The molecule has 0 aliphatic carbocycles. The van der Waals surface area contributed by atoms with Gasteiger partial charge in [-0.25, -0.2) is 18.6 Å². The first kappa shape index (κ1) is 25.4. The molecular formula is C25H31F2N3O4. The fraction of sp³-hybridized carbons (Fsp3) is 0.480. The van der Waals surface area contributed by atoms with Crippen LogP contribution in [0.1, 0.15) is 64.2 Å². The molecule has 2 aromatic rings. The predicted molar refractivity (Wildman–Crippen MR) is 123 cm³/mol. The summed E-state index contributed by atoms with van der Waals surface area (Å²) in [6.07, 6.45) is 3.48. The molecule has 2 fully saturated rings. The van der Waals surface area contributed by atoms with Gasteiger partial charge in [-0.2, -0.15) is 0 Å². The first-order valence-electron chi connectivity index (χ1n) is 11.0. The summed E-state index contributed by atoms with van der Waals surface area (Å²) in [6, 6.07) is 6.05. The molecule has 1 unspecified atom stereocenters. The molecule has 3 atom stereocenters. The van der Waals surface area contributed by atoms with Crippen LogP contribution in [0.5, 0.6) is 11.6 Å². The first-order valence-corrected chi connectivity index (χ1v) is 11.0. The number of carbonyl (C=O) groups is 2. The fourth-order valence-electron chi connectivity index (χ4n) is 4.46. The SMILES string of the molecule is C.CC(C)(C)OC(=O)N1[C@@H]2CC[C@H]1CC(NC(=O)c1cc(F)cnc1Oc1ccc(F)cc1)C2. The highest BCUT2D eigenvalue weighted by atomic mass is 19.1. The van der Waals surface area contributed by atoms with E-state index in [1.807, 2.05) is 20.8 Å². The van der Waals surface area contributed by atoms with Crippen LogP contribution in [0.25, 0.3) is 0 Å². The molecule has 2 saturated heterocycles. The number of nitrogens with zero attached hydrogens (tertiary/aromatic N) is 2.